The quantitative estimate of drug-likeness (QED) is 0.812. The highest BCUT2D eigenvalue weighted by molar-refractivity contribution is 5.94. The first-order chi connectivity index (χ1) is 9.77. The molecule has 1 aliphatic rings. The van der Waals surface area contributed by atoms with Gasteiger partial charge < -0.3 is 15.0 Å². The third kappa shape index (κ3) is 3.38. The molecule has 1 amide bonds. The van der Waals surface area contributed by atoms with Gasteiger partial charge in [0.05, 0.1) is 0 Å². The zero-order valence-electron chi connectivity index (χ0n) is 12.4. The summed E-state index contributed by atoms with van der Waals surface area (Å²) in [4.78, 5) is 14.3. The van der Waals surface area contributed by atoms with Gasteiger partial charge in [0, 0.05) is 38.4 Å². The van der Waals surface area contributed by atoms with Gasteiger partial charge in [-0.25, -0.2) is 0 Å². The average Bonchev–Trinajstić information content (AvgIpc) is 2.48. The van der Waals surface area contributed by atoms with Crippen LogP contribution < -0.4 is 10.2 Å². The van der Waals surface area contributed by atoms with Gasteiger partial charge in [-0.15, -0.1) is 0 Å². The van der Waals surface area contributed by atoms with Crippen LogP contribution in [-0.4, -0.2) is 32.7 Å². The van der Waals surface area contributed by atoms with Gasteiger partial charge in [-0.05, 0) is 31.0 Å². The Kier molecular flexibility index (Phi) is 5.56. The zero-order valence-corrected chi connectivity index (χ0v) is 12.4. The highest BCUT2D eigenvalue weighted by atomic mass is 16.5. The largest absolute Gasteiger partial charge is 0.385 e. The van der Waals surface area contributed by atoms with Crippen LogP contribution in [0.2, 0.25) is 0 Å². The fourth-order valence-corrected chi connectivity index (χ4v) is 2.78. The number of nitrogens with one attached hydrogen (secondary N) is 1. The first kappa shape index (κ1) is 15.0. The summed E-state index contributed by atoms with van der Waals surface area (Å²) >= 11 is 0. The van der Waals surface area contributed by atoms with Crippen molar-refractivity contribution in [2.45, 2.75) is 32.2 Å². The van der Waals surface area contributed by atoms with E-state index in [-0.39, 0.29) is 5.91 Å². The Bertz CT molecular complexity index is 448. The molecule has 1 aliphatic heterocycles. The summed E-state index contributed by atoms with van der Waals surface area (Å²) in [6.07, 6.45) is 2.31. The fraction of sp³-hybridized carbons (Fsp3) is 0.562. The molecule has 0 spiro atoms. The minimum absolute atomic E-state index is 0.199. The van der Waals surface area contributed by atoms with E-state index in [0.29, 0.717) is 19.1 Å². The van der Waals surface area contributed by atoms with Crippen molar-refractivity contribution in [3.8, 4) is 0 Å². The van der Waals surface area contributed by atoms with Crippen LogP contribution in [-0.2, 0) is 9.53 Å². The number of para-hydroxylation sites is 1. The highest BCUT2D eigenvalue weighted by Crippen LogP contribution is 2.33. The van der Waals surface area contributed by atoms with Crippen LogP contribution in [0.25, 0.3) is 0 Å². The molecule has 110 valence electrons. The lowest BCUT2D eigenvalue weighted by atomic mass is 9.96. The second-order valence-corrected chi connectivity index (χ2v) is 5.10. The van der Waals surface area contributed by atoms with Crippen molar-refractivity contribution in [2.24, 2.45) is 0 Å². The molecule has 0 bridgehead atoms. The topological polar surface area (TPSA) is 41.6 Å². The summed E-state index contributed by atoms with van der Waals surface area (Å²) in [6.45, 7) is 4.49. The van der Waals surface area contributed by atoms with E-state index in [1.807, 2.05) is 23.1 Å². The standard InChI is InChI=1S/C16H24N2O2/c1-3-17-14-10-11-18(16(19)9-6-12-20-2)15-8-5-4-7-13(14)15/h4-5,7-8,14,17H,3,6,9-12H2,1-2H3. The molecule has 0 saturated heterocycles. The maximum atomic E-state index is 12.4. The first-order valence-corrected chi connectivity index (χ1v) is 7.39. The van der Waals surface area contributed by atoms with Crippen molar-refractivity contribution in [1.82, 2.24) is 5.32 Å². The number of fused-ring (bicyclic) bond motifs is 1. The number of carbonyl (C=O) groups is 1. The van der Waals surface area contributed by atoms with E-state index >= 15 is 0 Å². The molecule has 0 saturated carbocycles. The minimum atomic E-state index is 0.199. The fourth-order valence-electron chi connectivity index (χ4n) is 2.78. The monoisotopic (exact) mass is 276 g/mol. The van der Waals surface area contributed by atoms with Gasteiger partial charge in [-0.1, -0.05) is 25.1 Å². The predicted molar refractivity (Wildman–Crippen MR) is 80.9 cm³/mol. The van der Waals surface area contributed by atoms with Crippen molar-refractivity contribution in [3.63, 3.8) is 0 Å². The number of anilines is 1. The number of carbonyl (C=O) groups excluding carboxylic acids is 1. The van der Waals surface area contributed by atoms with E-state index in [0.717, 1.165) is 31.6 Å². The smallest absolute Gasteiger partial charge is 0.227 e. The van der Waals surface area contributed by atoms with Gasteiger partial charge in [0.1, 0.15) is 0 Å². The van der Waals surface area contributed by atoms with Crippen LogP contribution in [0.5, 0.6) is 0 Å². The molecule has 1 unspecified atom stereocenters. The Morgan fingerprint density at radius 1 is 1.45 bits per heavy atom. The number of amides is 1. The molecule has 1 heterocycles. The number of ether oxygens (including phenoxy) is 1. The lowest BCUT2D eigenvalue weighted by molar-refractivity contribution is -0.119. The van der Waals surface area contributed by atoms with E-state index in [2.05, 4.69) is 18.3 Å². The summed E-state index contributed by atoms with van der Waals surface area (Å²) in [5.41, 5.74) is 2.30. The van der Waals surface area contributed by atoms with Crippen LogP contribution in [0.4, 0.5) is 5.69 Å². The molecule has 1 atom stereocenters. The summed E-state index contributed by atoms with van der Waals surface area (Å²) in [5, 5.41) is 3.49. The molecule has 1 aromatic rings. The van der Waals surface area contributed by atoms with Crippen LogP contribution >= 0.6 is 0 Å². The lowest BCUT2D eigenvalue weighted by Crippen LogP contribution is -2.39. The second kappa shape index (κ2) is 7.41. The van der Waals surface area contributed by atoms with E-state index in [4.69, 9.17) is 4.74 Å². The number of methoxy groups -OCH3 is 1. The Morgan fingerprint density at radius 2 is 2.25 bits per heavy atom. The molecule has 20 heavy (non-hydrogen) atoms. The zero-order chi connectivity index (χ0) is 14.4. The molecule has 0 aliphatic carbocycles. The van der Waals surface area contributed by atoms with E-state index in [1.165, 1.54) is 5.56 Å². The van der Waals surface area contributed by atoms with Gasteiger partial charge in [0.15, 0.2) is 0 Å². The second-order valence-electron chi connectivity index (χ2n) is 5.10. The number of rotatable bonds is 6. The minimum Gasteiger partial charge on any atom is -0.385 e. The highest BCUT2D eigenvalue weighted by Gasteiger charge is 2.27. The van der Waals surface area contributed by atoms with Crippen molar-refractivity contribution in [1.29, 1.82) is 0 Å². The molecule has 1 N–H and O–H groups in total. The summed E-state index contributed by atoms with van der Waals surface area (Å²) < 4.78 is 5.02. The number of hydrogen-bond acceptors (Lipinski definition) is 3. The van der Waals surface area contributed by atoms with Gasteiger partial charge in [0.25, 0.3) is 0 Å². The molecule has 4 nitrogen and oxygen atoms in total. The van der Waals surface area contributed by atoms with E-state index in [9.17, 15) is 4.79 Å². The molecule has 4 heteroatoms. The molecule has 0 aromatic heterocycles. The molecule has 0 fully saturated rings. The Hall–Kier alpha value is -1.39. The third-order valence-electron chi connectivity index (χ3n) is 3.74. The molecule has 1 aromatic carbocycles. The number of hydrogen-bond donors (Lipinski definition) is 1. The van der Waals surface area contributed by atoms with Crippen molar-refractivity contribution in [2.75, 3.05) is 31.7 Å². The molecule has 2 rings (SSSR count). The molecular weight excluding hydrogens is 252 g/mol. The molecular formula is C16H24N2O2. The van der Waals surface area contributed by atoms with Gasteiger partial charge in [-0.2, -0.15) is 0 Å². The average molecular weight is 276 g/mol. The third-order valence-corrected chi connectivity index (χ3v) is 3.74. The first-order valence-electron chi connectivity index (χ1n) is 7.39. The van der Waals surface area contributed by atoms with Crippen LogP contribution in [0.3, 0.4) is 0 Å². The van der Waals surface area contributed by atoms with Crippen molar-refractivity contribution in [3.05, 3.63) is 29.8 Å². The number of nitrogens with zero attached hydrogens (tertiary/aromatic N) is 1. The van der Waals surface area contributed by atoms with Crippen LogP contribution in [0.1, 0.15) is 37.8 Å². The summed E-state index contributed by atoms with van der Waals surface area (Å²) in [7, 11) is 1.67. The Morgan fingerprint density at radius 3 is 3.00 bits per heavy atom. The Labute approximate surface area is 121 Å². The Balaban J connectivity index is 2.12. The maximum Gasteiger partial charge on any atom is 0.227 e. The van der Waals surface area contributed by atoms with Crippen LogP contribution in [0.15, 0.2) is 24.3 Å². The van der Waals surface area contributed by atoms with Crippen LogP contribution in [0, 0.1) is 0 Å². The van der Waals surface area contributed by atoms with Crippen molar-refractivity contribution < 1.29 is 9.53 Å². The van der Waals surface area contributed by atoms with E-state index < -0.39 is 0 Å². The lowest BCUT2D eigenvalue weighted by Gasteiger charge is -2.34. The number of benzene rings is 1. The van der Waals surface area contributed by atoms with Gasteiger partial charge >= 0.3 is 0 Å². The maximum absolute atomic E-state index is 12.4. The van der Waals surface area contributed by atoms with Crippen molar-refractivity contribution >= 4 is 11.6 Å². The van der Waals surface area contributed by atoms with Gasteiger partial charge in [0.2, 0.25) is 5.91 Å². The molecule has 0 radical (unpaired) electrons. The predicted octanol–water partition coefficient (Wildman–Crippen LogP) is 2.50. The van der Waals surface area contributed by atoms with Gasteiger partial charge in [-0.3, -0.25) is 4.79 Å². The summed E-state index contributed by atoms with van der Waals surface area (Å²) in [6, 6.07) is 8.58. The van der Waals surface area contributed by atoms with E-state index in [1.54, 1.807) is 7.11 Å². The SMILES string of the molecule is CCNC1CCN(C(=O)CCCOC)c2ccccc21. The summed E-state index contributed by atoms with van der Waals surface area (Å²) in [5.74, 6) is 0.199. The normalized spacial score (nSPS) is 17.9.